The number of likely N-dealkylation sites (tertiary alicyclic amines) is 1. The Balaban J connectivity index is 1.18. The summed E-state index contributed by atoms with van der Waals surface area (Å²) in [5, 5.41) is 3.06. The van der Waals surface area contributed by atoms with Crippen LogP contribution in [0.3, 0.4) is 0 Å². The van der Waals surface area contributed by atoms with Crippen LogP contribution < -0.4 is 5.32 Å². The number of fused-ring (bicyclic) bond motifs is 2. The van der Waals surface area contributed by atoms with Crippen LogP contribution in [0.4, 0.5) is 8.78 Å². The fraction of sp³-hybridized carbons (Fsp3) is 0.625. The summed E-state index contributed by atoms with van der Waals surface area (Å²) in [7, 11) is -5.78. The number of alkyl halides is 2. The van der Waals surface area contributed by atoms with Crippen molar-refractivity contribution in [2.45, 2.75) is 56.9 Å². The van der Waals surface area contributed by atoms with Gasteiger partial charge >= 0.3 is 13.3 Å². The molecule has 1 unspecified atom stereocenters. The number of nitrogens with one attached hydrogen (secondary N) is 1. The third kappa shape index (κ3) is 7.26. The first-order chi connectivity index (χ1) is 23.1. The largest absolute Gasteiger partial charge is 0.399 e. The molecule has 1 aromatic heterocycles. The Morgan fingerprint density at radius 2 is 1.73 bits per heavy atom. The average Bonchev–Trinajstić information content (AvgIpc) is 3.65. The average molecular weight is 726 g/mol. The predicted octanol–water partition coefficient (Wildman–Crippen LogP) is 2.27. The summed E-state index contributed by atoms with van der Waals surface area (Å²) < 4.78 is 45.9. The van der Waals surface area contributed by atoms with Gasteiger partial charge in [-0.1, -0.05) is 19.9 Å². The Hall–Kier alpha value is -3.01. The van der Waals surface area contributed by atoms with Gasteiger partial charge in [-0.25, -0.2) is 0 Å². The van der Waals surface area contributed by atoms with E-state index in [0.717, 1.165) is 23.5 Å². The molecule has 0 bridgehead atoms. The minimum atomic E-state index is -5.78. The molecule has 6 rings (SSSR count). The molecule has 17 heteroatoms. The van der Waals surface area contributed by atoms with E-state index in [4.69, 9.17) is 14.5 Å². The van der Waals surface area contributed by atoms with Gasteiger partial charge in [0.05, 0.1) is 24.0 Å². The van der Waals surface area contributed by atoms with E-state index < -0.39 is 36.8 Å². The number of carbonyl (C=O) groups is 4. The zero-order valence-corrected chi connectivity index (χ0v) is 29.1. The molecule has 49 heavy (non-hydrogen) atoms. The Bertz CT molecular complexity index is 1660. The lowest BCUT2D eigenvalue weighted by atomic mass is 9.96. The van der Waals surface area contributed by atoms with Crippen molar-refractivity contribution in [2.24, 2.45) is 11.8 Å². The summed E-state index contributed by atoms with van der Waals surface area (Å²) in [6.07, 6.45) is 1.80. The maximum Gasteiger partial charge on any atom is 0.399 e. The molecular weight excluding hydrogens is 683 g/mol. The van der Waals surface area contributed by atoms with Crippen LogP contribution in [0.25, 0.3) is 10.1 Å². The molecule has 2 aromatic rings. The Labute approximate surface area is 286 Å². The van der Waals surface area contributed by atoms with E-state index in [-0.39, 0.29) is 46.5 Å². The van der Waals surface area contributed by atoms with Gasteiger partial charge in [0.25, 0.3) is 5.91 Å². The lowest BCUT2D eigenvalue weighted by molar-refractivity contribution is -0.157. The Morgan fingerprint density at radius 3 is 2.41 bits per heavy atom. The van der Waals surface area contributed by atoms with Gasteiger partial charge in [-0.15, -0.1) is 11.3 Å². The van der Waals surface area contributed by atoms with Gasteiger partial charge < -0.3 is 39.4 Å². The number of ether oxygens (including phenoxy) is 1. The van der Waals surface area contributed by atoms with Gasteiger partial charge in [-0.05, 0) is 48.8 Å². The van der Waals surface area contributed by atoms with E-state index >= 15 is 0 Å². The third-order valence-corrected chi connectivity index (χ3v) is 11.9. The highest BCUT2D eigenvalue weighted by Crippen LogP contribution is 2.59. The van der Waals surface area contributed by atoms with Crippen LogP contribution >= 0.6 is 18.9 Å². The second-order valence-corrected chi connectivity index (χ2v) is 16.5. The highest BCUT2D eigenvalue weighted by atomic mass is 32.1. The number of amides is 4. The maximum absolute atomic E-state index is 14.4. The molecular formula is C32H42F2N5O8PS. The number of benzene rings is 1. The highest BCUT2D eigenvalue weighted by molar-refractivity contribution is 7.52. The number of hydrogen-bond donors (Lipinski definition) is 3. The first-order valence-corrected chi connectivity index (χ1v) is 19.0. The maximum atomic E-state index is 14.4. The van der Waals surface area contributed by atoms with Crippen molar-refractivity contribution < 1.29 is 47.0 Å². The summed E-state index contributed by atoms with van der Waals surface area (Å²) >= 11 is 1.01. The normalized spacial score (nSPS) is 24.5. The molecule has 4 aliphatic rings. The molecule has 4 aliphatic heterocycles. The standard InChI is InChI=1S/C32H42F2N5O8PS/c1-19(2)15-36-8-7-23-4-5-25(31(43)38-16-21(17-38)29(41)37-9-11-47-12-10-37)39(23)30(42)24(18-36)35-28(40)27-14-20-13-22(3-6-26(20)49-27)32(33,34)48(44,45)46/h3,6,13-14,19,21,23-25H,4-5,7-12,15-18H2,1-2H3,(H,35,40)(H2,44,45,46)/t23-,24?,25+/m1/s1. The van der Waals surface area contributed by atoms with Crippen molar-refractivity contribution in [1.29, 1.82) is 0 Å². The van der Waals surface area contributed by atoms with E-state index in [0.29, 0.717) is 82.4 Å². The van der Waals surface area contributed by atoms with E-state index in [1.807, 2.05) is 0 Å². The monoisotopic (exact) mass is 725 g/mol. The van der Waals surface area contributed by atoms with E-state index in [2.05, 4.69) is 24.1 Å². The van der Waals surface area contributed by atoms with Crippen molar-refractivity contribution in [3.8, 4) is 0 Å². The Morgan fingerprint density at radius 1 is 1.02 bits per heavy atom. The zero-order chi connectivity index (χ0) is 35.2. The number of nitrogens with zero attached hydrogens (tertiary/aromatic N) is 4. The van der Waals surface area contributed by atoms with Crippen LogP contribution in [0.15, 0.2) is 24.3 Å². The summed E-state index contributed by atoms with van der Waals surface area (Å²) in [6, 6.07) is 2.62. The number of thiophene rings is 1. The fourth-order valence-corrected chi connectivity index (χ4v) is 8.70. The van der Waals surface area contributed by atoms with Crippen molar-refractivity contribution >= 4 is 52.6 Å². The topological polar surface area (TPSA) is 160 Å². The summed E-state index contributed by atoms with van der Waals surface area (Å²) in [5.74, 6) is -1.13. The van der Waals surface area contributed by atoms with Gasteiger partial charge in [-0.3, -0.25) is 23.7 Å². The summed E-state index contributed by atoms with van der Waals surface area (Å²) in [4.78, 5) is 80.3. The minimum absolute atomic E-state index is 0.0139. The van der Waals surface area contributed by atoms with Crippen molar-refractivity contribution in [1.82, 2.24) is 24.9 Å². The zero-order valence-electron chi connectivity index (χ0n) is 27.4. The van der Waals surface area contributed by atoms with Crippen LogP contribution in [0.1, 0.15) is 48.3 Å². The summed E-state index contributed by atoms with van der Waals surface area (Å²) in [5.41, 5.74) is -5.26. The molecule has 3 N–H and O–H groups in total. The number of halogens is 2. The predicted molar refractivity (Wildman–Crippen MR) is 176 cm³/mol. The van der Waals surface area contributed by atoms with Gasteiger partial charge in [0.2, 0.25) is 17.7 Å². The molecule has 0 aliphatic carbocycles. The molecule has 4 saturated heterocycles. The lowest BCUT2D eigenvalue weighted by Gasteiger charge is -2.44. The molecule has 0 saturated carbocycles. The van der Waals surface area contributed by atoms with Crippen LogP contribution in [0.5, 0.6) is 0 Å². The molecule has 4 amide bonds. The van der Waals surface area contributed by atoms with Crippen LogP contribution in [-0.4, -0.2) is 130 Å². The number of rotatable bonds is 8. The number of carbonyl (C=O) groups excluding carboxylic acids is 4. The molecule has 13 nitrogen and oxygen atoms in total. The fourth-order valence-electron chi connectivity index (χ4n) is 7.28. The quantitative estimate of drug-likeness (QED) is 0.347. The number of morpholine rings is 1. The second kappa shape index (κ2) is 14.0. The van der Waals surface area contributed by atoms with Gasteiger partial charge in [0.15, 0.2) is 0 Å². The smallest absolute Gasteiger partial charge is 0.378 e. The summed E-state index contributed by atoms with van der Waals surface area (Å²) in [6.45, 7) is 8.37. The molecule has 3 atom stereocenters. The number of hydrogen-bond acceptors (Lipinski definition) is 8. The minimum Gasteiger partial charge on any atom is -0.378 e. The molecule has 0 radical (unpaired) electrons. The molecule has 268 valence electrons. The van der Waals surface area contributed by atoms with Crippen LogP contribution in [0, 0.1) is 11.8 Å². The van der Waals surface area contributed by atoms with Gasteiger partial charge in [0.1, 0.15) is 12.1 Å². The van der Waals surface area contributed by atoms with Crippen LogP contribution in [0.2, 0.25) is 0 Å². The molecule has 4 fully saturated rings. The first kappa shape index (κ1) is 35.8. The van der Waals surface area contributed by atoms with E-state index in [1.165, 1.54) is 12.1 Å². The van der Waals surface area contributed by atoms with Gasteiger partial charge in [-0.2, -0.15) is 8.78 Å². The first-order valence-electron chi connectivity index (χ1n) is 16.6. The van der Waals surface area contributed by atoms with Crippen molar-refractivity contribution in [2.75, 3.05) is 59.0 Å². The highest BCUT2D eigenvalue weighted by Gasteiger charge is 2.51. The molecule has 1 aromatic carbocycles. The van der Waals surface area contributed by atoms with Gasteiger partial charge in [0, 0.05) is 62.1 Å². The molecule has 0 spiro atoms. The van der Waals surface area contributed by atoms with Crippen LogP contribution in [-0.2, 0) is 29.3 Å². The third-order valence-electron chi connectivity index (χ3n) is 9.81. The van der Waals surface area contributed by atoms with E-state index in [1.54, 1.807) is 14.7 Å². The Kier molecular flexibility index (Phi) is 10.2. The SMILES string of the molecule is CC(C)CN1CC[C@H]2CC[C@@H](C(=O)N3CC(C(=O)N4CCOCC4)C3)N2C(=O)C(NC(=O)c2cc3cc(C(F)(F)P(=O)(O)O)ccc3s2)C1. The van der Waals surface area contributed by atoms with E-state index in [9.17, 15) is 32.5 Å². The second-order valence-electron chi connectivity index (χ2n) is 13.8. The lowest BCUT2D eigenvalue weighted by Crippen LogP contribution is -2.64. The molecule has 5 heterocycles. The van der Waals surface area contributed by atoms with Crippen molar-refractivity contribution in [3.05, 3.63) is 34.7 Å². The van der Waals surface area contributed by atoms with Crippen molar-refractivity contribution in [3.63, 3.8) is 0 Å².